The lowest BCUT2D eigenvalue weighted by Crippen LogP contribution is -2.56. The molecule has 1 fully saturated rings. The van der Waals surface area contributed by atoms with Crippen molar-refractivity contribution in [1.29, 1.82) is 0 Å². The molecule has 4 aromatic rings. The molecule has 0 spiro atoms. The van der Waals surface area contributed by atoms with Gasteiger partial charge in [-0.05, 0) is 90.4 Å². The van der Waals surface area contributed by atoms with Crippen molar-refractivity contribution >= 4 is 46.8 Å². The smallest absolute Gasteiger partial charge is 0.335 e. The van der Waals surface area contributed by atoms with Crippen LogP contribution in [0.3, 0.4) is 0 Å². The summed E-state index contributed by atoms with van der Waals surface area (Å²) in [5, 5.41) is 26.5. The standard InChI is InChI=1S/C33H32ClFN8O4/c1-33(2)18-24-22(4-3-5-26(24)41-16-14-36-15-17-41)30(31(45)38-21-8-6-20(7-9-21)32(46)47)43(33)28(44)13-10-23-27(42-19-37-39-40-42)12-11-25(34)29(23)35/h3-13,19,30,36H,14-18H2,1-2H3,(H,38,45)(H,46,47)/t30-/m1/s1. The maximum absolute atomic E-state index is 15.3. The SMILES string of the molecule is CC1(C)Cc2c(cccc2N2CCNCC2)[C@H](C(=O)Nc2ccc(C(=O)O)cc2)N1C(=O)C=Cc1c(-n2cnnn2)ccc(Cl)c1F. The number of aromatic nitrogens is 4. The van der Waals surface area contributed by atoms with Gasteiger partial charge in [-0.3, -0.25) is 9.59 Å². The van der Waals surface area contributed by atoms with Crippen LogP contribution in [-0.4, -0.2) is 79.7 Å². The van der Waals surface area contributed by atoms with Crippen molar-refractivity contribution in [3.8, 4) is 5.69 Å². The van der Waals surface area contributed by atoms with Gasteiger partial charge in [0.25, 0.3) is 5.91 Å². The average molecular weight is 659 g/mol. The zero-order chi connectivity index (χ0) is 33.3. The molecular weight excluding hydrogens is 627 g/mol. The van der Waals surface area contributed by atoms with Crippen molar-refractivity contribution in [1.82, 2.24) is 30.4 Å². The number of nitrogens with zero attached hydrogens (tertiary/aromatic N) is 6. The maximum atomic E-state index is 15.3. The number of carbonyl (C=O) groups excluding carboxylic acids is 2. The number of carboxylic acids is 1. The third-order valence-corrected chi connectivity index (χ3v) is 8.73. The quantitative estimate of drug-likeness (QED) is 0.250. The Hall–Kier alpha value is -5.14. The van der Waals surface area contributed by atoms with Crippen LogP contribution in [0, 0.1) is 5.82 Å². The Morgan fingerprint density at radius 2 is 1.81 bits per heavy atom. The molecule has 2 aliphatic rings. The van der Waals surface area contributed by atoms with Crippen LogP contribution in [0.4, 0.5) is 15.8 Å². The molecule has 12 nitrogen and oxygen atoms in total. The predicted octanol–water partition coefficient (Wildman–Crippen LogP) is 4.12. The molecule has 1 atom stereocenters. The summed E-state index contributed by atoms with van der Waals surface area (Å²) in [5.74, 6) is -2.86. The number of halogens is 2. The molecule has 242 valence electrons. The zero-order valence-corrected chi connectivity index (χ0v) is 26.4. The molecule has 3 aromatic carbocycles. The third kappa shape index (κ3) is 6.31. The second-order valence-corrected chi connectivity index (χ2v) is 12.3. The molecule has 0 unspecified atom stereocenters. The third-order valence-electron chi connectivity index (χ3n) is 8.44. The summed E-state index contributed by atoms with van der Waals surface area (Å²) in [6.07, 6.45) is 4.28. The minimum absolute atomic E-state index is 0.00567. The number of rotatable bonds is 7. The van der Waals surface area contributed by atoms with E-state index < -0.39 is 35.2 Å². The van der Waals surface area contributed by atoms with E-state index in [2.05, 4.69) is 31.1 Å². The first-order valence-corrected chi connectivity index (χ1v) is 15.4. The topological polar surface area (TPSA) is 146 Å². The lowest BCUT2D eigenvalue weighted by atomic mass is 9.79. The Labute approximate surface area is 274 Å². The Bertz CT molecular complexity index is 1860. The number of benzene rings is 3. The van der Waals surface area contributed by atoms with Gasteiger partial charge in [0.05, 0.1) is 16.3 Å². The van der Waals surface area contributed by atoms with E-state index in [1.54, 1.807) is 0 Å². The van der Waals surface area contributed by atoms with Crippen LogP contribution in [0.15, 0.2) is 67.0 Å². The van der Waals surface area contributed by atoms with Crippen molar-refractivity contribution in [3.63, 3.8) is 0 Å². The molecule has 1 aromatic heterocycles. The van der Waals surface area contributed by atoms with Crippen LogP contribution in [0.5, 0.6) is 0 Å². The normalized spacial score (nSPS) is 17.4. The number of carboxylic acid groups (broad SMARTS) is 1. The summed E-state index contributed by atoms with van der Waals surface area (Å²) >= 11 is 6.10. The van der Waals surface area contributed by atoms with Gasteiger partial charge in [0, 0.05) is 54.7 Å². The summed E-state index contributed by atoms with van der Waals surface area (Å²) in [4.78, 5) is 43.7. The van der Waals surface area contributed by atoms with Crippen LogP contribution in [0.25, 0.3) is 11.8 Å². The van der Waals surface area contributed by atoms with E-state index in [-0.39, 0.29) is 21.8 Å². The minimum Gasteiger partial charge on any atom is -0.478 e. The fourth-order valence-corrected chi connectivity index (χ4v) is 6.43. The predicted molar refractivity (Wildman–Crippen MR) is 174 cm³/mol. The van der Waals surface area contributed by atoms with Crippen LogP contribution < -0.4 is 15.5 Å². The number of fused-ring (bicyclic) bond motifs is 1. The van der Waals surface area contributed by atoms with E-state index in [1.807, 2.05) is 32.0 Å². The monoisotopic (exact) mass is 658 g/mol. The Balaban J connectivity index is 1.42. The number of anilines is 2. The first-order valence-electron chi connectivity index (χ1n) is 15.0. The molecule has 0 aliphatic carbocycles. The number of aromatic carboxylic acids is 1. The van der Waals surface area contributed by atoms with Crippen molar-refractivity contribution < 1.29 is 23.9 Å². The van der Waals surface area contributed by atoms with Gasteiger partial charge in [0.1, 0.15) is 12.4 Å². The molecule has 1 saturated heterocycles. The highest BCUT2D eigenvalue weighted by Crippen LogP contribution is 2.43. The second-order valence-electron chi connectivity index (χ2n) is 11.9. The summed E-state index contributed by atoms with van der Waals surface area (Å²) in [6.45, 7) is 7.03. The highest BCUT2D eigenvalue weighted by atomic mass is 35.5. The summed E-state index contributed by atoms with van der Waals surface area (Å²) in [6, 6.07) is 13.4. The Morgan fingerprint density at radius 3 is 2.49 bits per heavy atom. The van der Waals surface area contributed by atoms with E-state index >= 15 is 4.39 Å². The fourth-order valence-electron chi connectivity index (χ4n) is 6.26. The molecular formula is C33H32ClFN8O4. The molecule has 0 radical (unpaired) electrons. The number of piperazine rings is 1. The van der Waals surface area contributed by atoms with Crippen LogP contribution >= 0.6 is 11.6 Å². The van der Waals surface area contributed by atoms with E-state index in [1.165, 1.54) is 64.5 Å². The molecule has 0 saturated carbocycles. The first kappa shape index (κ1) is 31.8. The minimum atomic E-state index is -1.09. The van der Waals surface area contributed by atoms with Gasteiger partial charge >= 0.3 is 5.97 Å². The van der Waals surface area contributed by atoms with Crippen LogP contribution in [0.2, 0.25) is 5.02 Å². The van der Waals surface area contributed by atoms with E-state index in [0.717, 1.165) is 37.4 Å². The first-order chi connectivity index (χ1) is 22.5. The van der Waals surface area contributed by atoms with Crippen molar-refractivity contribution in [2.24, 2.45) is 0 Å². The molecule has 2 amide bonds. The molecule has 3 N–H and O–H groups in total. The molecule has 6 rings (SSSR count). The second kappa shape index (κ2) is 12.9. The number of carbonyl (C=O) groups is 3. The number of hydrogen-bond donors (Lipinski definition) is 3. The van der Waals surface area contributed by atoms with Crippen molar-refractivity contribution in [2.45, 2.75) is 31.8 Å². The highest BCUT2D eigenvalue weighted by molar-refractivity contribution is 6.31. The van der Waals surface area contributed by atoms with E-state index in [0.29, 0.717) is 17.7 Å². The zero-order valence-electron chi connectivity index (χ0n) is 25.7. The van der Waals surface area contributed by atoms with Crippen LogP contribution in [0.1, 0.15) is 46.9 Å². The Morgan fingerprint density at radius 1 is 1.06 bits per heavy atom. The Kier molecular flexibility index (Phi) is 8.76. The van der Waals surface area contributed by atoms with Gasteiger partial charge in [-0.25, -0.2) is 9.18 Å². The van der Waals surface area contributed by atoms with Gasteiger partial charge in [-0.15, -0.1) is 5.10 Å². The van der Waals surface area contributed by atoms with Gasteiger partial charge in [0.2, 0.25) is 5.91 Å². The summed E-state index contributed by atoms with van der Waals surface area (Å²) in [5.41, 5.74) is 2.50. The maximum Gasteiger partial charge on any atom is 0.335 e. The van der Waals surface area contributed by atoms with Crippen LogP contribution in [-0.2, 0) is 16.0 Å². The molecule has 0 bridgehead atoms. The lowest BCUT2D eigenvalue weighted by Gasteiger charge is -2.48. The number of nitrogens with one attached hydrogen (secondary N) is 2. The van der Waals surface area contributed by atoms with Gasteiger partial charge in [-0.2, -0.15) is 4.68 Å². The molecule has 2 aliphatic heterocycles. The lowest BCUT2D eigenvalue weighted by molar-refractivity contribution is -0.142. The molecule has 47 heavy (non-hydrogen) atoms. The van der Waals surface area contributed by atoms with Crippen molar-refractivity contribution in [2.75, 3.05) is 36.4 Å². The summed E-state index contributed by atoms with van der Waals surface area (Å²) < 4.78 is 16.6. The highest BCUT2D eigenvalue weighted by Gasteiger charge is 2.46. The van der Waals surface area contributed by atoms with Gasteiger partial charge < -0.3 is 25.5 Å². The largest absolute Gasteiger partial charge is 0.478 e. The molecule has 14 heteroatoms. The van der Waals surface area contributed by atoms with E-state index in [9.17, 15) is 19.5 Å². The molecule has 3 heterocycles. The van der Waals surface area contributed by atoms with Gasteiger partial charge in [-0.1, -0.05) is 23.7 Å². The van der Waals surface area contributed by atoms with E-state index in [4.69, 9.17) is 11.6 Å². The van der Waals surface area contributed by atoms with Crippen molar-refractivity contribution in [3.05, 3.63) is 100 Å². The number of tetrazole rings is 1. The number of hydrogen-bond acceptors (Lipinski definition) is 8. The van der Waals surface area contributed by atoms with Gasteiger partial charge in [0.15, 0.2) is 5.82 Å². The fraction of sp³-hybridized carbons (Fsp3) is 0.273. The average Bonchev–Trinajstić information content (AvgIpc) is 3.59. The number of amides is 2. The summed E-state index contributed by atoms with van der Waals surface area (Å²) in [7, 11) is 0.